The van der Waals surface area contributed by atoms with Crippen LogP contribution < -0.4 is 5.32 Å². The van der Waals surface area contributed by atoms with Crippen LogP contribution in [0.2, 0.25) is 0 Å². The molecular formula is C13H20N2O. The minimum absolute atomic E-state index is 0.399. The van der Waals surface area contributed by atoms with Gasteiger partial charge >= 0.3 is 0 Å². The molecule has 1 heterocycles. The first-order valence-electron chi connectivity index (χ1n) is 6.07. The average Bonchev–Trinajstić information content (AvgIpc) is 2.27. The van der Waals surface area contributed by atoms with Crippen molar-refractivity contribution in [3.63, 3.8) is 0 Å². The quantitative estimate of drug-likeness (QED) is 0.826. The van der Waals surface area contributed by atoms with Gasteiger partial charge in [-0.1, -0.05) is 0 Å². The Labute approximate surface area is 97.2 Å². The van der Waals surface area contributed by atoms with Gasteiger partial charge in [-0.05, 0) is 44.4 Å². The maximum atomic E-state index is 5.55. The van der Waals surface area contributed by atoms with Crippen LogP contribution in [-0.2, 0) is 4.74 Å². The summed E-state index contributed by atoms with van der Waals surface area (Å²) in [5.74, 6) is 0. The van der Waals surface area contributed by atoms with Crippen LogP contribution >= 0.6 is 0 Å². The summed E-state index contributed by atoms with van der Waals surface area (Å²) < 4.78 is 5.55. The molecule has 1 atom stereocenters. The summed E-state index contributed by atoms with van der Waals surface area (Å²) >= 11 is 0. The van der Waals surface area contributed by atoms with E-state index in [1.807, 2.05) is 12.4 Å². The van der Waals surface area contributed by atoms with Crippen molar-refractivity contribution in [3.8, 4) is 0 Å². The fourth-order valence-corrected chi connectivity index (χ4v) is 2.18. The number of rotatable bonds is 5. The predicted octanol–water partition coefficient (Wildman–Crippen LogP) is 2.30. The third kappa shape index (κ3) is 2.80. The smallest absolute Gasteiger partial charge is 0.0604 e. The second-order valence-electron chi connectivity index (χ2n) is 4.41. The molecule has 0 bridgehead atoms. The normalized spacial score (nSPS) is 26.1. The fraction of sp³-hybridized carbons (Fsp3) is 0.615. The number of hydrogen-bond acceptors (Lipinski definition) is 3. The van der Waals surface area contributed by atoms with Gasteiger partial charge in [0.15, 0.2) is 0 Å². The number of nitrogens with one attached hydrogen (secondary N) is 1. The van der Waals surface area contributed by atoms with Gasteiger partial charge in [0.1, 0.15) is 0 Å². The van der Waals surface area contributed by atoms with Crippen LogP contribution in [-0.4, -0.2) is 23.7 Å². The van der Waals surface area contributed by atoms with E-state index in [2.05, 4.69) is 36.3 Å². The molecule has 1 unspecified atom stereocenters. The van der Waals surface area contributed by atoms with Gasteiger partial charge in [0.05, 0.1) is 6.10 Å². The van der Waals surface area contributed by atoms with Crippen molar-refractivity contribution in [1.82, 2.24) is 10.3 Å². The molecule has 1 fully saturated rings. The van der Waals surface area contributed by atoms with Gasteiger partial charge in [0, 0.05) is 31.1 Å². The second-order valence-corrected chi connectivity index (χ2v) is 4.41. The third-order valence-corrected chi connectivity index (χ3v) is 3.19. The van der Waals surface area contributed by atoms with E-state index in [1.54, 1.807) is 0 Å². The highest BCUT2D eigenvalue weighted by molar-refractivity contribution is 5.14. The Morgan fingerprint density at radius 2 is 2.12 bits per heavy atom. The van der Waals surface area contributed by atoms with E-state index in [0.717, 1.165) is 19.4 Å². The van der Waals surface area contributed by atoms with Crippen molar-refractivity contribution in [2.24, 2.45) is 0 Å². The van der Waals surface area contributed by atoms with Crippen LogP contribution in [0.4, 0.5) is 0 Å². The largest absolute Gasteiger partial charge is 0.378 e. The van der Waals surface area contributed by atoms with Gasteiger partial charge in [0.25, 0.3) is 0 Å². The second kappa shape index (κ2) is 5.41. The lowest BCUT2D eigenvalue weighted by Gasteiger charge is -2.37. The lowest BCUT2D eigenvalue weighted by molar-refractivity contribution is -0.0120. The molecule has 1 aliphatic carbocycles. The first-order chi connectivity index (χ1) is 7.79. The summed E-state index contributed by atoms with van der Waals surface area (Å²) in [6.45, 7) is 5.08. The summed E-state index contributed by atoms with van der Waals surface area (Å²) in [6.07, 6.45) is 6.45. The molecule has 1 saturated carbocycles. The van der Waals surface area contributed by atoms with Crippen LogP contribution in [0.1, 0.15) is 38.3 Å². The molecule has 1 N–H and O–H groups in total. The SMILES string of the molecule is CCOC1CC(NC(C)c2ccncc2)C1. The summed E-state index contributed by atoms with van der Waals surface area (Å²) in [5.41, 5.74) is 1.30. The van der Waals surface area contributed by atoms with Gasteiger partial charge < -0.3 is 10.1 Å². The minimum atomic E-state index is 0.399. The van der Waals surface area contributed by atoms with E-state index in [9.17, 15) is 0 Å². The van der Waals surface area contributed by atoms with Crippen molar-refractivity contribution in [2.45, 2.75) is 44.9 Å². The Balaban J connectivity index is 1.75. The Morgan fingerprint density at radius 1 is 1.44 bits per heavy atom. The molecule has 88 valence electrons. The summed E-state index contributed by atoms with van der Waals surface area (Å²) in [7, 11) is 0. The Morgan fingerprint density at radius 3 is 2.75 bits per heavy atom. The molecule has 0 spiro atoms. The number of ether oxygens (including phenoxy) is 1. The highest BCUT2D eigenvalue weighted by Crippen LogP contribution is 2.25. The number of nitrogens with zero attached hydrogens (tertiary/aromatic N) is 1. The predicted molar refractivity (Wildman–Crippen MR) is 64.2 cm³/mol. The van der Waals surface area contributed by atoms with Crippen LogP contribution in [0, 0.1) is 0 Å². The van der Waals surface area contributed by atoms with E-state index >= 15 is 0 Å². The zero-order chi connectivity index (χ0) is 11.4. The molecule has 0 radical (unpaired) electrons. The highest BCUT2D eigenvalue weighted by atomic mass is 16.5. The lowest BCUT2D eigenvalue weighted by Crippen LogP contribution is -2.46. The maximum Gasteiger partial charge on any atom is 0.0604 e. The van der Waals surface area contributed by atoms with E-state index < -0.39 is 0 Å². The Kier molecular flexibility index (Phi) is 3.91. The van der Waals surface area contributed by atoms with Gasteiger partial charge in [-0.2, -0.15) is 0 Å². The molecule has 3 heteroatoms. The fourth-order valence-electron chi connectivity index (χ4n) is 2.18. The topological polar surface area (TPSA) is 34.1 Å². The molecule has 0 aliphatic heterocycles. The van der Waals surface area contributed by atoms with Crippen LogP contribution in [0.25, 0.3) is 0 Å². The number of aromatic nitrogens is 1. The molecule has 1 aromatic rings. The molecule has 0 amide bonds. The molecule has 0 aromatic carbocycles. The molecule has 2 rings (SSSR count). The zero-order valence-corrected chi connectivity index (χ0v) is 10.0. The zero-order valence-electron chi connectivity index (χ0n) is 10.0. The van der Waals surface area contributed by atoms with Crippen LogP contribution in [0.5, 0.6) is 0 Å². The van der Waals surface area contributed by atoms with E-state index in [0.29, 0.717) is 18.2 Å². The molecule has 3 nitrogen and oxygen atoms in total. The number of pyridine rings is 1. The lowest BCUT2D eigenvalue weighted by atomic mass is 9.88. The van der Waals surface area contributed by atoms with Crippen LogP contribution in [0.15, 0.2) is 24.5 Å². The van der Waals surface area contributed by atoms with Crippen molar-refractivity contribution < 1.29 is 4.74 Å². The summed E-state index contributed by atoms with van der Waals surface area (Å²) in [4.78, 5) is 4.03. The standard InChI is InChI=1S/C13H20N2O/c1-3-16-13-8-12(9-13)15-10(2)11-4-6-14-7-5-11/h4-7,10,12-13,15H,3,8-9H2,1-2H3. The van der Waals surface area contributed by atoms with Gasteiger partial charge in [-0.3, -0.25) is 4.98 Å². The number of hydrogen-bond donors (Lipinski definition) is 1. The van der Waals surface area contributed by atoms with E-state index in [-0.39, 0.29) is 0 Å². The summed E-state index contributed by atoms with van der Waals surface area (Å²) in [5, 5.41) is 3.61. The van der Waals surface area contributed by atoms with Gasteiger partial charge in [-0.15, -0.1) is 0 Å². The maximum absolute atomic E-state index is 5.55. The molecule has 16 heavy (non-hydrogen) atoms. The molecule has 1 aromatic heterocycles. The molecular weight excluding hydrogens is 200 g/mol. The van der Waals surface area contributed by atoms with Crippen molar-refractivity contribution in [2.75, 3.05) is 6.61 Å². The van der Waals surface area contributed by atoms with Gasteiger partial charge in [0.2, 0.25) is 0 Å². The Hall–Kier alpha value is -0.930. The summed E-state index contributed by atoms with van der Waals surface area (Å²) in [6, 6.07) is 5.14. The molecule has 1 aliphatic rings. The first kappa shape index (κ1) is 11.6. The third-order valence-electron chi connectivity index (χ3n) is 3.19. The average molecular weight is 220 g/mol. The monoisotopic (exact) mass is 220 g/mol. The van der Waals surface area contributed by atoms with Crippen molar-refractivity contribution in [3.05, 3.63) is 30.1 Å². The van der Waals surface area contributed by atoms with Gasteiger partial charge in [-0.25, -0.2) is 0 Å². The van der Waals surface area contributed by atoms with Crippen LogP contribution in [0.3, 0.4) is 0 Å². The van der Waals surface area contributed by atoms with E-state index in [4.69, 9.17) is 4.74 Å². The van der Waals surface area contributed by atoms with Crippen molar-refractivity contribution in [1.29, 1.82) is 0 Å². The van der Waals surface area contributed by atoms with Crippen molar-refractivity contribution >= 4 is 0 Å². The Bertz CT molecular complexity index is 309. The van der Waals surface area contributed by atoms with E-state index in [1.165, 1.54) is 5.56 Å². The minimum Gasteiger partial charge on any atom is -0.378 e. The molecule has 0 saturated heterocycles. The first-order valence-corrected chi connectivity index (χ1v) is 6.07. The highest BCUT2D eigenvalue weighted by Gasteiger charge is 2.30.